The Bertz CT molecular complexity index is 1640. The first-order valence-electron chi connectivity index (χ1n) is 13.2. The van der Waals surface area contributed by atoms with Crippen molar-refractivity contribution < 1.29 is 23.9 Å². The van der Waals surface area contributed by atoms with E-state index in [4.69, 9.17) is 32.7 Å². The van der Waals surface area contributed by atoms with Crippen molar-refractivity contribution >= 4 is 51.7 Å². The van der Waals surface area contributed by atoms with Crippen LogP contribution < -0.4 is 0 Å². The fourth-order valence-corrected chi connectivity index (χ4v) is 5.94. The van der Waals surface area contributed by atoms with E-state index in [0.717, 1.165) is 44.2 Å². The third-order valence-corrected chi connectivity index (χ3v) is 8.10. The van der Waals surface area contributed by atoms with E-state index in [1.54, 1.807) is 32.0 Å². The zero-order valence-corrected chi connectivity index (χ0v) is 24.0. The topological polar surface area (TPSA) is 69.7 Å². The van der Waals surface area contributed by atoms with Crippen LogP contribution in [0.5, 0.6) is 0 Å². The molecule has 0 heterocycles. The maximum atomic E-state index is 13.4. The number of ketones is 1. The van der Waals surface area contributed by atoms with Gasteiger partial charge in [0.25, 0.3) is 0 Å². The number of esters is 2. The third kappa shape index (κ3) is 4.78. The smallest absolute Gasteiger partial charge is 0.338 e. The van der Waals surface area contributed by atoms with E-state index in [0.29, 0.717) is 15.6 Å². The molecule has 1 aliphatic rings. The SMILES string of the molecule is CCOC(=O)c1ccc2c(-c3ccc(Cl)cc3)c3c(c(-c4ccc(Cl)cc4)c2c1)CC(C(C)=O)(C(=O)OCC)C3. The first kappa shape index (κ1) is 27.9. The summed E-state index contributed by atoms with van der Waals surface area (Å²) in [6, 6.07) is 20.4. The summed E-state index contributed by atoms with van der Waals surface area (Å²) in [4.78, 5) is 39.5. The summed E-state index contributed by atoms with van der Waals surface area (Å²) < 4.78 is 10.8. The molecule has 0 radical (unpaired) electrons. The van der Waals surface area contributed by atoms with Crippen molar-refractivity contribution in [2.75, 3.05) is 13.2 Å². The molecule has 1 atom stereocenters. The molecule has 1 aliphatic carbocycles. The van der Waals surface area contributed by atoms with E-state index >= 15 is 0 Å². The molecule has 0 fully saturated rings. The van der Waals surface area contributed by atoms with Crippen LogP contribution in [0.4, 0.5) is 0 Å². The molecule has 4 aromatic carbocycles. The fourth-order valence-electron chi connectivity index (χ4n) is 5.69. The van der Waals surface area contributed by atoms with E-state index in [-0.39, 0.29) is 31.8 Å². The molecule has 0 N–H and O–H groups in total. The Labute approximate surface area is 243 Å². The minimum Gasteiger partial charge on any atom is -0.465 e. The second-order valence-electron chi connectivity index (χ2n) is 9.91. The molecular formula is C33H28Cl2O5. The largest absolute Gasteiger partial charge is 0.465 e. The molecular weight excluding hydrogens is 547 g/mol. The highest BCUT2D eigenvalue weighted by atomic mass is 35.5. The number of rotatable bonds is 7. The van der Waals surface area contributed by atoms with Crippen molar-refractivity contribution in [1.82, 2.24) is 0 Å². The van der Waals surface area contributed by atoms with Gasteiger partial charge in [-0.3, -0.25) is 9.59 Å². The number of ether oxygens (including phenoxy) is 2. The Balaban J connectivity index is 1.91. The predicted octanol–water partition coefficient (Wildman–Crippen LogP) is 7.89. The molecule has 0 aliphatic heterocycles. The summed E-state index contributed by atoms with van der Waals surface area (Å²) in [5.74, 6) is -1.20. The molecule has 0 spiro atoms. The van der Waals surface area contributed by atoms with Gasteiger partial charge in [-0.1, -0.05) is 53.5 Å². The van der Waals surface area contributed by atoms with Crippen molar-refractivity contribution in [1.29, 1.82) is 0 Å². The van der Waals surface area contributed by atoms with E-state index in [1.807, 2.05) is 48.5 Å². The van der Waals surface area contributed by atoms with Crippen LogP contribution in [0.2, 0.25) is 10.0 Å². The van der Waals surface area contributed by atoms with E-state index < -0.39 is 17.4 Å². The monoisotopic (exact) mass is 574 g/mol. The van der Waals surface area contributed by atoms with E-state index in [1.165, 1.54) is 6.92 Å². The highest BCUT2D eigenvalue weighted by molar-refractivity contribution is 6.31. The lowest BCUT2D eigenvalue weighted by atomic mass is 9.80. The number of carbonyl (C=O) groups is 3. The number of benzene rings is 4. The number of carbonyl (C=O) groups excluding carboxylic acids is 3. The number of Topliss-reactive ketones (excluding diaryl/α,β-unsaturated/α-hetero) is 1. The molecule has 0 bridgehead atoms. The quantitative estimate of drug-likeness (QED) is 0.166. The van der Waals surface area contributed by atoms with Gasteiger partial charge in [-0.05, 0) is 114 Å². The predicted molar refractivity (Wildman–Crippen MR) is 158 cm³/mol. The number of halogens is 2. The van der Waals surface area contributed by atoms with Crippen molar-refractivity contribution in [3.8, 4) is 22.3 Å². The van der Waals surface area contributed by atoms with Crippen molar-refractivity contribution in [2.45, 2.75) is 33.6 Å². The summed E-state index contributed by atoms with van der Waals surface area (Å²) in [6.45, 7) is 5.37. The molecule has 204 valence electrons. The molecule has 0 saturated heterocycles. The Morgan fingerprint density at radius 3 is 1.70 bits per heavy atom. The number of hydrogen-bond acceptors (Lipinski definition) is 5. The van der Waals surface area contributed by atoms with Gasteiger partial charge in [0, 0.05) is 10.0 Å². The standard InChI is InChI=1S/C33H28Cl2O5/c1-4-39-31(37)22-10-15-25-26(16-22)30(21-8-13-24(35)14-9-21)28-18-33(19(3)36,32(38)40-5-2)17-27(28)29(25)20-6-11-23(34)12-7-20/h6-16H,4-5,17-18H2,1-3H3. The molecule has 0 aromatic heterocycles. The summed E-state index contributed by atoms with van der Waals surface area (Å²) in [7, 11) is 0. The molecule has 5 rings (SSSR count). The van der Waals surface area contributed by atoms with Crippen LogP contribution in [0, 0.1) is 5.41 Å². The number of fused-ring (bicyclic) bond motifs is 2. The highest BCUT2D eigenvalue weighted by Crippen LogP contribution is 2.51. The highest BCUT2D eigenvalue weighted by Gasteiger charge is 2.51. The number of hydrogen-bond donors (Lipinski definition) is 0. The average Bonchev–Trinajstić information content (AvgIpc) is 3.35. The minimum atomic E-state index is -1.36. The van der Waals surface area contributed by atoms with Gasteiger partial charge >= 0.3 is 11.9 Å². The molecule has 0 amide bonds. The van der Waals surface area contributed by atoms with Gasteiger partial charge < -0.3 is 9.47 Å². The van der Waals surface area contributed by atoms with Gasteiger partial charge in [-0.15, -0.1) is 0 Å². The maximum absolute atomic E-state index is 13.4. The van der Waals surface area contributed by atoms with Crippen LogP contribution in [0.1, 0.15) is 42.3 Å². The van der Waals surface area contributed by atoms with E-state index in [2.05, 4.69) is 0 Å². The van der Waals surface area contributed by atoms with Gasteiger partial charge in [-0.2, -0.15) is 0 Å². The van der Waals surface area contributed by atoms with Crippen molar-refractivity contribution in [3.05, 3.63) is 93.5 Å². The molecule has 5 nitrogen and oxygen atoms in total. The summed E-state index contributed by atoms with van der Waals surface area (Å²) in [5, 5.41) is 2.86. The normalized spacial score (nSPS) is 16.0. The summed E-state index contributed by atoms with van der Waals surface area (Å²) >= 11 is 12.5. The lowest BCUT2D eigenvalue weighted by molar-refractivity contribution is -0.159. The Morgan fingerprint density at radius 2 is 1.23 bits per heavy atom. The van der Waals surface area contributed by atoms with Crippen LogP contribution in [0.3, 0.4) is 0 Å². The maximum Gasteiger partial charge on any atom is 0.338 e. The first-order chi connectivity index (χ1) is 19.2. The molecule has 7 heteroatoms. The second-order valence-corrected chi connectivity index (χ2v) is 10.8. The van der Waals surface area contributed by atoms with Crippen molar-refractivity contribution in [3.63, 3.8) is 0 Å². The van der Waals surface area contributed by atoms with Gasteiger partial charge in [0.05, 0.1) is 18.8 Å². The second kappa shape index (κ2) is 11.1. The van der Waals surface area contributed by atoms with Crippen LogP contribution in [-0.2, 0) is 31.9 Å². The van der Waals surface area contributed by atoms with Crippen molar-refractivity contribution in [2.24, 2.45) is 5.41 Å². The van der Waals surface area contributed by atoms with E-state index in [9.17, 15) is 14.4 Å². The van der Waals surface area contributed by atoms with Gasteiger partial charge in [0.2, 0.25) is 0 Å². The fraction of sp³-hybridized carbons (Fsp3) is 0.242. The van der Waals surface area contributed by atoms with Crippen LogP contribution in [0.25, 0.3) is 33.0 Å². The molecule has 4 aromatic rings. The lowest BCUT2D eigenvalue weighted by Gasteiger charge is -2.23. The zero-order valence-electron chi connectivity index (χ0n) is 22.5. The Hall–Kier alpha value is -3.67. The van der Waals surface area contributed by atoms with Gasteiger partial charge in [0.1, 0.15) is 11.2 Å². The van der Waals surface area contributed by atoms with Crippen LogP contribution >= 0.6 is 23.2 Å². The lowest BCUT2D eigenvalue weighted by Crippen LogP contribution is -2.40. The zero-order chi connectivity index (χ0) is 28.6. The van der Waals surface area contributed by atoms with Gasteiger partial charge in [-0.25, -0.2) is 4.79 Å². The average molecular weight is 575 g/mol. The summed E-state index contributed by atoms with van der Waals surface area (Å²) in [5.41, 5.74) is 4.30. The third-order valence-electron chi connectivity index (χ3n) is 7.60. The van der Waals surface area contributed by atoms with Crippen LogP contribution in [0.15, 0.2) is 66.7 Å². The van der Waals surface area contributed by atoms with Gasteiger partial charge in [0.15, 0.2) is 0 Å². The first-order valence-corrected chi connectivity index (χ1v) is 13.9. The van der Waals surface area contributed by atoms with Crippen LogP contribution in [-0.4, -0.2) is 30.9 Å². The molecule has 40 heavy (non-hydrogen) atoms. The molecule has 0 saturated carbocycles. The Kier molecular flexibility index (Phi) is 7.72. The minimum absolute atomic E-state index is 0.170. The molecule has 1 unspecified atom stereocenters. The summed E-state index contributed by atoms with van der Waals surface area (Å²) in [6.07, 6.45) is 0.374. The Morgan fingerprint density at radius 1 is 0.725 bits per heavy atom.